The van der Waals surface area contributed by atoms with Crippen LogP contribution in [0.5, 0.6) is 0 Å². The molecule has 1 aromatic carbocycles. The predicted molar refractivity (Wildman–Crippen MR) is 90.2 cm³/mol. The fraction of sp³-hybridized carbons (Fsp3) is 0.278. The van der Waals surface area contributed by atoms with Crippen molar-refractivity contribution < 1.29 is 13.6 Å². The molecule has 130 valence electrons. The van der Waals surface area contributed by atoms with Gasteiger partial charge in [-0.2, -0.15) is 0 Å². The Balaban J connectivity index is 1.69. The molecule has 1 N–H and O–H groups in total. The van der Waals surface area contributed by atoms with Crippen LogP contribution in [0.4, 0.5) is 8.78 Å². The lowest BCUT2D eigenvalue weighted by Crippen LogP contribution is -2.26. The Morgan fingerprint density at radius 3 is 2.84 bits per heavy atom. The summed E-state index contributed by atoms with van der Waals surface area (Å²) >= 11 is 0. The van der Waals surface area contributed by atoms with Gasteiger partial charge in [-0.3, -0.25) is 4.79 Å². The van der Waals surface area contributed by atoms with Crippen LogP contribution >= 0.6 is 0 Å². The van der Waals surface area contributed by atoms with Crippen molar-refractivity contribution in [3.8, 4) is 0 Å². The third kappa shape index (κ3) is 3.65. The van der Waals surface area contributed by atoms with E-state index in [9.17, 15) is 13.6 Å². The number of aryl methyl sites for hydroxylation is 1. The van der Waals surface area contributed by atoms with Crippen molar-refractivity contribution in [2.24, 2.45) is 0 Å². The molecule has 0 aliphatic heterocycles. The molecule has 0 saturated heterocycles. The molecule has 2 heterocycles. The highest BCUT2D eigenvalue weighted by molar-refractivity contribution is 5.94. The maximum absolute atomic E-state index is 13.2. The molecule has 0 unspecified atom stereocenters. The van der Waals surface area contributed by atoms with Crippen LogP contribution < -0.4 is 5.32 Å². The number of rotatable bonds is 6. The number of imidazole rings is 1. The van der Waals surface area contributed by atoms with Gasteiger partial charge in [-0.25, -0.2) is 18.7 Å². The van der Waals surface area contributed by atoms with E-state index in [1.807, 2.05) is 16.7 Å². The molecule has 0 spiro atoms. The van der Waals surface area contributed by atoms with Gasteiger partial charge in [-0.15, -0.1) is 0 Å². The number of pyridine rings is 1. The Bertz CT molecular complexity index is 907. The number of hydrogen-bond donors (Lipinski definition) is 1. The summed E-state index contributed by atoms with van der Waals surface area (Å²) in [5.41, 5.74) is 1.73. The van der Waals surface area contributed by atoms with E-state index in [-0.39, 0.29) is 5.56 Å². The van der Waals surface area contributed by atoms with Crippen molar-refractivity contribution in [2.75, 3.05) is 6.54 Å². The summed E-state index contributed by atoms with van der Waals surface area (Å²) in [6.45, 7) is 3.20. The highest BCUT2D eigenvalue weighted by Crippen LogP contribution is 2.14. The van der Waals surface area contributed by atoms with Crippen LogP contribution in [0.2, 0.25) is 0 Å². The van der Waals surface area contributed by atoms with Crippen molar-refractivity contribution in [1.82, 2.24) is 19.9 Å². The first kappa shape index (κ1) is 17.0. The summed E-state index contributed by atoms with van der Waals surface area (Å²) in [6, 6.07) is 6.82. The van der Waals surface area contributed by atoms with Gasteiger partial charge >= 0.3 is 0 Å². The van der Waals surface area contributed by atoms with Crippen molar-refractivity contribution in [2.45, 2.75) is 26.3 Å². The molecule has 3 rings (SSSR count). The van der Waals surface area contributed by atoms with Crippen LogP contribution in [-0.4, -0.2) is 27.0 Å². The normalized spacial score (nSPS) is 11.0. The number of benzene rings is 1. The van der Waals surface area contributed by atoms with Crippen LogP contribution in [0.25, 0.3) is 11.2 Å². The molecule has 5 nitrogen and oxygen atoms in total. The standard InChI is InChI=1S/C18H18F2N4O/c1-2-10-24-16(23-15-4-3-8-21-17(15)24)7-9-22-18(25)12-5-6-13(19)14(20)11-12/h3-6,8,11H,2,7,9-10H2,1H3,(H,22,25). The lowest BCUT2D eigenvalue weighted by atomic mass is 10.2. The number of nitrogens with zero attached hydrogens (tertiary/aromatic N) is 3. The zero-order valence-electron chi connectivity index (χ0n) is 13.8. The molecular weight excluding hydrogens is 326 g/mol. The first-order valence-electron chi connectivity index (χ1n) is 8.13. The van der Waals surface area contributed by atoms with Gasteiger partial charge in [0.05, 0.1) is 0 Å². The molecule has 7 heteroatoms. The molecule has 3 aromatic rings. The number of halogens is 2. The van der Waals surface area contributed by atoms with E-state index in [4.69, 9.17) is 0 Å². The van der Waals surface area contributed by atoms with E-state index in [1.165, 1.54) is 6.07 Å². The van der Waals surface area contributed by atoms with Crippen molar-refractivity contribution in [3.63, 3.8) is 0 Å². The topological polar surface area (TPSA) is 59.8 Å². The number of amides is 1. The Labute approximate surface area is 143 Å². The lowest BCUT2D eigenvalue weighted by Gasteiger charge is -2.08. The van der Waals surface area contributed by atoms with Crippen LogP contribution in [-0.2, 0) is 13.0 Å². The summed E-state index contributed by atoms with van der Waals surface area (Å²) in [5.74, 6) is -1.63. The highest BCUT2D eigenvalue weighted by Gasteiger charge is 2.12. The van der Waals surface area contributed by atoms with Gasteiger partial charge in [0.1, 0.15) is 11.3 Å². The predicted octanol–water partition coefficient (Wildman–Crippen LogP) is 3.09. The average Bonchev–Trinajstić information content (AvgIpc) is 2.95. The van der Waals surface area contributed by atoms with Gasteiger partial charge in [-0.1, -0.05) is 6.92 Å². The molecule has 0 radical (unpaired) electrons. The second-order valence-corrected chi connectivity index (χ2v) is 5.66. The largest absolute Gasteiger partial charge is 0.352 e. The van der Waals surface area contributed by atoms with Crippen LogP contribution in [0.3, 0.4) is 0 Å². The molecular formula is C18H18F2N4O. The minimum absolute atomic E-state index is 0.0858. The quantitative estimate of drug-likeness (QED) is 0.747. The first-order chi connectivity index (χ1) is 12.1. The monoisotopic (exact) mass is 344 g/mol. The van der Waals surface area contributed by atoms with E-state index in [0.717, 1.165) is 42.1 Å². The minimum atomic E-state index is -1.04. The Morgan fingerprint density at radius 1 is 1.24 bits per heavy atom. The zero-order valence-corrected chi connectivity index (χ0v) is 13.8. The zero-order chi connectivity index (χ0) is 17.8. The fourth-order valence-electron chi connectivity index (χ4n) is 2.68. The van der Waals surface area contributed by atoms with Gasteiger partial charge in [-0.05, 0) is 36.8 Å². The minimum Gasteiger partial charge on any atom is -0.352 e. The summed E-state index contributed by atoms with van der Waals surface area (Å²) in [4.78, 5) is 21.0. The van der Waals surface area contributed by atoms with E-state index < -0.39 is 17.5 Å². The van der Waals surface area contributed by atoms with Gasteiger partial charge in [0, 0.05) is 31.3 Å². The molecule has 0 saturated carbocycles. The van der Waals surface area contributed by atoms with Crippen molar-refractivity contribution >= 4 is 17.1 Å². The second-order valence-electron chi connectivity index (χ2n) is 5.66. The Kier molecular flexibility index (Phi) is 5.02. The maximum atomic E-state index is 13.2. The van der Waals surface area contributed by atoms with Crippen LogP contribution in [0.1, 0.15) is 29.5 Å². The van der Waals surface area contributed by atoms with E-state index >= 15 is 0 Å². The van der Waals surface area contributed by atoms with Crippen LogP contribution in [0, 0.1) is 11.6 Å². The Hall–Kier alpha value is -2.83. The number of aromatic nitrogens is 3. The third-order valence-electron chi connectivity index (χ3n) is 3.85. The number of carbonyl (C=O) groups excluding carboxylic acids is 1. The molecule has 0 fully saturated rings. The van der Waals surface area contributed by atoms with Crippen LogP contribution in [0.15, 0.2) is 36.5 Å². The molecule has 1 amide bonds. The SMILES string of the molecule is CCCn1c(CCNC(=O)c2ccc(F)c(F)c2)nc2cccnc21. The van der Waals surface area contributed by atoms with E-state index in [0.29, 0.717) is 13.0 Å². The van der Waals surface area contributed by atoms with Gasteiger partial charge in [0.15, 0.2) is 17.3 Å². The molecule has 0 aliphatic carbocycles. The second kappa shape index (κ2) is 7.38. The average molecular weight is 344 g/mol. The van der Waals surface area contributed by atoms with E-state index in [1.54, 1.807) is 6.20 Å². The molecule has 0 atom stereocenters. The number of carbonyl (C=O) groups is 1. The first-order valence-corrected chi connectivity index (χ1v) is 8.13. The smallest absolute Gasteiger partial charge is 0.251 e. The summed E-state index contributed by atoms with van der Waals surface area (Å²) in [6.07, 6.45) is 3.19. The number of hydrogen-bond acceptors (Lipinski definition) is 3. The summed E-state index contributed by atoms with van der Waals surface area (Å²) in [5, 5.41) is 2.71. The van der Waals surface area contributed by atoms with Gasteiger partial charge in [0.2, 0.25) is 0 Å². The molecule has 0 aliphatic rings. The summed E-state index contributed by atoms with van der Waals surface area (Å²) in [7, 11) is 0. The third-order valence-corrected chi connectivity index (χ3v) is 3.85. The Morgan fingerprint density at radius 2 is 2.08 bits per heavy atom. The highest BCUT2D eigenvalue weighted by atomic mass is 19.2. The van der Waals surface area contributed by atoms with Crippen molar-refractivity contribution in [1.29, 1.82) is 0 Å². The number of fused-ring (bicyclic) bond motifs is 1. The van der Waals surface area contributed by atoms with Gasteiger partial charge < -0.3 is 9.88 Å². The fourth-order valence-corrected chi connectivity index (χ4v) is 2.68. The molecule has 2 aromatic heterocycles. The molecule has 0 bridgehead atoms. The lowest BCUT2D eigenvalue weighted by molar-refractivity contribution is 0.0953. The maximum Gasteiger partial charge on any atom is 0.251 e. The molecule has 25 heavy (non-hydrogen) atoms. The number of nitrogens with one attached hydrogen (secondary N) is 1. The van der Waals surface area contributed by atoms with E-state index in [2.05, 4.69) is 22.2 Å². The van der Waals surface area contributed by atoms with Gasteiger partial charge in [0.25, 0.3) is 5.91 Å². The van der Waals surface area contributed by atoms with Crippen molar-refractivity contribution in [3.05, 3.63) is 59.6 Å². The summed E-state index contributed by atoms with van der Waals surface area (Å²) < 4.78 is 28.2.